The predicted octanol–water partition coefficient (Wildman–Crippen LogP) is 0.476. The highest BCUT2D eigenvalue weighted by molar-refractivity contribution is 5.84. The molecular formula is C20H33N3O4. The number of ketones is 2. The van der Waals surface area contributed by atoms with E-state index in [0.29, 0.717) is 25.7 Å². The van der Waals surface area contributed by atoms with E-state index in [0.717, 1.165) is 0 Å². The molecule has 7 nitrogen and oxygen atoms in total. The van der Waals surface area contributed by atoms with Gasteiger partial charge in [0.2, 0.25) is 5.91 Å². The van der Waals surface area contributed by atoms with Crippen LogP contribution >= 0.6 is 0 Å². The van der Waals surface area contributed by atoms with Crippen molar-refractivity contribution in [2.24, 2.45) is 17.6 Å². The third kappa shape index (κ3) is 7.74. The molecule has 0 heterocycles. The Labute approximate surface area is 161 Å². The number of hydrogen-bond donors (Lipinski definition) is 4. The van der Waals surface area contributed by atoms with Gasteiger partial charge in [-0.1, -0.05) is 25.2 Å². The maximum atomic E-state index is 12.0. The van der Waals surface area contributed by atoms with Crippen molar-refractivity contribution in [1.29, 1.82) is 0 Å². The van der Waals surface area contributed by atoms with E-state index in [1.807, 2.05) is 6.08 Å². The molecule has 7 heteroatoms. The molecule has 0 aromatic rings. The van der Waals surface area contributed by atoms with E-state index in [2.05, 4.69) is 17.2 Å². The van der Waals surface area contributed by atoms with Crippen molar-refractivity contribution in [2.75, 3.05) is 13.1 Å². The Balaban J connectivity index is 2.72. The van der Waals surface area contributed by atoms with E-state index in [-0.39, 0.29) is 54.5 Å². The first kappa shape index (κ1) is 23.2. The number of hydrogen-bond acceptors (Lipinski definition) is 6. The van der Waals surface area contributed by atoms with E-state index in [9.17, 15) is 19.5 Å². The van der Waals surface area contributed by atoms with Crippen LogP contribution in [0.15, 0.2) is 24.8 Å². The molecule has 0 saturated heterocycles. The van der Waals surface area contributed by atoms with Gasteiger partial charge in [0.1, 0.15) is 11.6 Å². The van der Waals surface area contributed by atoms with E-state index >= 15 is 0 Å². The number of aliphatic hydroxyl groups is 1. The zero-order valence-corrected chi connectivity index (χ0v) is 16.3. The van der Waals surface area contributed by atoms with Crippen molar-refractivity contribution in [1.82, 2.24) is 10.6 Å². The molecule has 0 bridgehead atoms. The summed E-state index contributed by atoms with van der Waals surface area (Å²) in [7, 11) is 0. The number of carbonyl (C=O) groups is 3. The number of nitrogens with one attached hydrogen (secondary N) is 2. The number of Topliss-reactive ketones (excluding diaryl/α,β-unsaturated/α-hetero) is 2. The molecule has 0 aliphatic heterocycles. The van der Waals surface area contributed by atoms with Crippen LogP contribution in [-0.2, 0) is 14.4 Å². The van der Waals surface area contributed by atoms with Crippen LogP contribution in [0.25, 0.3) is 0 Å². The first-order valence-electron chi connectivity index (χ1n) is 9.56. The average molecular weight is 380 g/mol. The van der Waals surface area contributed by atoms with E-state index in [1.165, 1.54) is 6.92 Å². The fraction of sp³-hybridized carbons (Fsp3) is 0.650. The number of carbonyl (C=O) groups excluding carboxylic acids is 3. The average Bonchev–Trinajstić information content (AvgIpc) is 3.36. The second kappa shape index (κ2) is 11.8. The Hall–Kier alpha value is -1.83. The molecule has 1 rings (SSSR count). The Morgan fingerprint density at radius 3 is 2.59 bits per heavy atom. The van der Waals surface area contributed by atoms with Gasteiger partial charge in [-0.3, -0.25) is 14.4 Å². The second-order valence-electron chi connectivity index (χ2n) is 6.99. The SMILES string of the molecule is C=CCC(O)C=CCCC(NC(=O)CN)C1C(NCC(=O)CC)C1C(C)=O. The lowest BCUT2D eigenvalue weighted by molar-refractivity contribution is -0.121. The van der Waals surface area contributed by atoms with Gasteiger partial charge in [0, 0.05) is 30.3 Å². The fourth-order valence-corrected chi connectivity index (χ4v) is 3.38. The molecule has 1 amide bonds. The highest BCUT2D eigenvalue weighted by Crippen LogP contribution is 2.43. The third-order valence-corrected chi connectivity index (χ3v) is 4.88. The molecule has 1 saturated carbocycles. The molecule has 1 aliphatic carbocycles. The van der Waals surface area contributed by atoms with Crippen molar-refractivity contribution in [3.05, 3.63) is 24.8 Å². The van der Waals surface area contributed by atoms with Gasteiger partial charge < -0.3 is 21.5 Å². The van der Waals surface area contributed by atoms with Crippen LogP contribution in [-0.4, -0.2) is 53.9 Å². The lowest BCUT2D eigenvalue weighted by Crippen LogP contribution is -2.42. The topological polar surface area (TPSA) is 122 Å². The minimum atomic E-state index is -0.569. The summed E-state index contributed by atoms with van der Waals surface area (Å²) in [5, 5.41) is 15.8. The first-order chi connectivity index (χ1) is 12.8. The third-order valence-electron chi connectivity index (χ3n) is 4.88. The summed E-state index contributed by atoms with van der Waals surface area (Å²) in [6, 6.07) is -0.332. The number of nitrogens with two attached hydrogens (primary N) is 1. The van der Waals surface area contributed by atoms with Crippen LogP contribution in [0.1, 0.15) is 39.5 Å². The van der Waals surface area contributed by atoms with E-state index in [1.54, 1.807) is 19.1 Å². The fourth-order valence-electron chi connectivity index (χ4n) is 3.38. The number of aliphatic hydroxyl groups excluding tert-OH is 1. The maximum absolute atomic E-state index is 12.0. The molecule has 1 fully saturated rings. The van der Waals surface area contributed by atoms with Crippen molar-refractivity contribution < 1.29 is 19.5 Å². The Morgan fingerprint density at radius 2 is 2.04 bits per heavy atom. The van der Waals surface area contributed by atoms with Crippen molar-refractivity contribution >= 4 is 17.5 Å². The largest absolute Gasteiger partial charge is 0.389 e. The Morgan fingerprint density at radius 1 is 1.33 bits per heavy atom. The molecule has 0 aromatic heterocycles. The molecule has 5 N–H and O–H groups in total. The van der Waals surface area contributed by atoms with Crippen LogP contribution in [0.3, 0.4) is 0 Å². The van der Waals surface area contributed by atoms with Gasteiger partial charge in [0.15, 0.2) is 0 Å². The zero-order chi connectivity index (χ0) is 20.4. The summed E-state index contributed by atoms with van der Waals surface area (Å²) in [6.07, 6.45) is 6.84. The molecule has 0 spiro atoms. The second-order valence-corrected chi connectivity index (χ2v) is 6.99. The Bertz CT molecular complexity index is 561. The molecule has 5 atom stereocenters. The van der Waals surface area contributed by atoms with Crippen LogP contribution < -0.4 is 16.4 Å². The first-order valence-corrected chi connectivity index (χ1v) is 9.56. The lowest BCUT2D eigenvalue weighted by Gasteiger charge is -2.18. The monoisotopic (exact) mass is 379 g/mol. The molecule has 152 valence electrons. The maximum Gasteiger partial charge on any atom is 0.233 e. The minimum Gasteiger partial charge on any atom is -0.389 e. The van der Waals surface area contributed by atoms with E-state index < -0.39 is 6.10 Å². The quantitative estimate of drug-likeness (QED) is 0.326. The van der Waals surface area contributed by atoms with Gasteiger partial charge >= 0.3 is 0 Å². The van der Waals surface area contributed by atoms with Gasteiger partial charge in [-0.05, 0) is 26.2 Å². The smallest absolute Gasteiger partial charge is 0.233 e. The molecule has 5 unspecified atom stereocenters. The lowest BCUT2D eigenvalue weighted by atomic mass is 10.0. The van der Waals surface area contributed by atoms with Crippen LogP contribution in [0.2, 0.25) is 0 Å². The molecule has 1 aliphatic rings. The number of rotatable bonds is 14. The molecule has 0 aromatic carbocycles. The van der Waals surface area contributed by atoms with Gasteiger partial charge in [-0.15, -0.1) is 6.58 Å². The summed E-state index contributed by atoms with van der Waals surface area (Å²) in [6.45, 7) is 7.03. The van der Waals surface area contributed by atoms with Crippen LogP contribution in [0, 0.1) is 11.8 Å². The van der Waals surface area contributed by atoms with Crippen molar-refractivity contribution in [3.8, 4) is 0 Å². The van der Waals surface area contributed by atoms with Crippen LogP contribution in [0.4, 0.5) is 0 Å². The normalized spacial score (nSPS) is 23.6. The highest BCUT2D eigenvalue weighted by Gasteiger charge is 2.56. The zero-order valence-electron chi connectivity index (χ0n) is 16.3. The summed E-state index contributed by atoms with van der Waals surface area (Å²) in [5.74, 6) is -0.412. The highest BCUT2D eigenvalue weighted by atomic mass is 16.3. The summed E-state index contributed by atoms with van der Waals surface area (Å²) >= 11 is 0. The molecular weight excluding hydrogens is 346 g/mol. The number of allylic oxidation sites excluding steroid dienone is 1. The van der Waals surface area contributed by atoms with Gasteiger partial charge in [0.25, 0.3) is 0 Å². The summed E-state index contributed by atoms with van der Waals surface area (Å²) < 4.78 is 0. The molecule has 0 radical (unpaired) electrons. The number of amides is 1. The summed E-state index contributed by atoms with van der Waals surface area (Å²) in [4.78, 5) is 35.4. The van der Waals surface area contributed by atoms with Gasteiger partial charge in [-0.25, -0.2) is 0 Å². The van der Waals surface area contributed by atoms with Crippen molar-refractivity contribution in [3.63, 3.8) is 0 Å². The van der Waals surface area contributed by atoms with Gasteiger partial charge in [-0.2, -0.15) is 0 Å². The van der Waals surface area contributed by atoms with Crippen molar-refractivity contribution in [2.45, 2.75) is 57.7 Å². The predicted molar refractivity (Wildman–Crippen MR) is 105 cm³/mol. The standard InChI is InChI=1S/C20H33N3O4/c1-4-8-15(26)9-6-7-10-16(23-17(27)11-21)19-18(13(3)24)20(19)22-12-14(25)5-2/h4,6,9,15-16,18-20,22,26H,1,5,7-8,10-12,21H2,2-3H3,(H,23,27). The Kier molecular flexibility index (Phi) is 10.1. The summed E-state index contributed by atoms with van der Waals surface area (Å²) in [5.41, 5.74) is 5.42. The minimum absolute atomic E-state index is 0.0467. The molecule has 27 heavy (non-hydrogen) atoms. The van der Waals surface area contributed by atoms with E-state index in [4.69, 9.17) is 5.73 Å². The van der Waals surface area contributed by atoms with Crippen LogP contribution in [0.5, 0.6) is 0 Å². The van der Waals surface area contributed by atoms with Gasteiger partial charge in [0.05, 0.1) is 19.2 Å².